The topological polar surface area (TPSA) is 116 Å². The van der Waals surface area contributed by atoms with Crippen LogP contribution < -0.4 is 28.4 Å². The Bertz CT molecular complexity index is 2030. The fourth-order valence-corrected chi connectivity index (χ4v) is 6.81. The first kappa shape index (κ1) is 36.4. The van der Waals surface area contributed by atoms with Gasteiger partial charge < -0.3 is 43.7 Å². The van der Waals surface area contributed by atoms with E-state index in [-0.39, 0.29) is 19.8 Å². The minimum Gasteiger partial charge on any atom is -0.493 e. The molecule has 9 nitrogen and oxygen atoms in total. The van der Waals surface area contributed by atoms with Crippen LogP contribution in [-0.4, -0.2) is 36.6 Å². The van der Waals surface area contributed by atoms with Gasteiger partial charge in [-0.15, -0.1) is 0 Å². The molecule has 0 saturated carbocycles. The average molecular weight is 727 g/mol. The van der Waals surface area contributed by atoms with Gasteiger partial charge in [0.25, 0.3) is 0 Å². The number of aliphatic hydroxyl groups is 3. The molecule has 276 valence electrons. The zero-order valence-electron chi connectivity index (χ0n) is 30.4. The van der Waals surface area contributed by atoms with Crippen LogP contribution in [0.2, 0.25) is 0 Å². The van der Waals surface area contributed by atoms with Gasteiger partial charge in [-0.1, -0.05) is 54.6 Å². The Hall–Kier alpha value is -6.00. The van der Waals surface area contributed by atoms with Crippen molar-refractivity contribution in [2.45, 2.75) is 39.1 Å². The van der Waals surface area contributed by atoms with E-state index in [2.05, 4.69) is 0 Å². The molecule has 0 radical (unpaired) electrons. The standard InChI is InChI=1S/C45H42O9/c1-49-40-19-31-16-35-23-44(53-38-14-8-5-11-29(38)26-47)42(51-3)21-33(35)18-36-24-45(54-39-15-9-6-12-30(39)27-48)41(50-2)20-32(36)17-34(31)22-43(40)52-37-13-7-4-10-28(37)25-46/h4-15,19-24,46-48H,16-18,25-27H2,1-3H3. The summed E-state index contributed by atoms with van der Waals surface area (Å²) in [7, 11) is 4.84. The highest BCUT2D eigenvalue weighted by atomic mass is 16.5. The van der Waals surface area contributed by atoms with E-state index in [4.69, 9.17) is 28.4 Å². The van der Waals surface area contributed by atoms with Crippen LogP contribution in [0.1, 0.15) is 50.1 Å². The molecule has 0 atom stereocenters. The summed E-state index contributed by atoms with van der Waals surface area (Å²) in [6.07, 6.45) is 1.61. The molecule has 0 saturated heterocycles. The lowest BCUT2D eigenvalue weighted by atomic mass is 9.94. The third-order valence-electron chi connectivity index (χ3n) is 9.69. The fraction of sp³-hybridized carbons (Fsp3) is 0.200. The Morgan fingerprint density at radius 1 is 0.352 bits per heavy atom. The molecule has 0 heterocycles. The van der Waals surface area contributed by atoms with Crippen molar-refractivity contribution in [3.8, 4) is 51.7 Å². The maximum atomic E-state index is 10.0. The summed E-state index contributed by atoms with van der Waals surface area (Å²) >= 11 is 0. The largest absolute Gasteiger partial charge is 0.493 e. The van der Waals surface area contributed by atoms with Gasteiger partial charge in [0.2, 0.25) is 0 Å². The molecule has 0 fully saturated rings. The molecule has 1 aliphatic rings. The zero-order chi connectivity index (χ0) is 37.6. The van der Waals surface area contributed by atoms with E-state index < -0.39 is 0 Å². The Morgan fingerprint density at radius 2 is 0.593 bits per heavy atom. The molecule has 6 aromatic carbocycles. The summed E-state index contributed by atoms with van der Waals surface area (Å²) in [5, 5.41) is 30.0. The van der Waals surface area contributed by atoms with Gasteiger partial charge in [-0.05, 0) is 107 Å². The van der Waals surface area contributed by atoms with Gasteiger partial charge in [0, 0.05) is 16.7 Å². The Kier molecular flexibility index (Phi) is 11.0. The third-order valence-corrected chi connectivity index (χ3v) is 9.69. The number of ether oxygens (including phenoxy) is 6. The molecule has 54 heavy (non-hydrogen) atoms. The number of rotatable bonds is 12. The van der Waals surface area contributed by atoms with Crippen molar-refractivity contribution in [1.29, 1.82) is 0 Å². The lowest BCUT2D eigenvalue weighted by Crippen LogP contribution is -2.03. The van der Waals surface area contributed by atoms with Crippen molar-refractivity contribution in [1.82, 2.24) is 0 Å². The lowest BCUT2D eigenvalue weighted by Gasteiger charge is -2.19. The lowest BCUT2D eigenvalue weighted by molar-refractivity contribution is 0.275. The first-order valence-electron chi connectivity index (χ1n) is 17.6. The van der Waals surface area contributed by atoms with Gasteiger partial charge in [0.1, 0.15) is 17.2 Å². The van der Waals surface area contributed by atoms with E-state index in [0.717, 1.165) is 33.4 Å². The summed E-state index contributed by atoms with van der Waals surface area (Å²) in [6, 6.07) is 34.1. The maximum Gasteiger partial charge on any atom is 0.169 e. The summed E-state index contributed by atoms with van der Waals surface area (Å²) in [5.41, 5.74) is 8.06. The van der Waals surface area contributed by atoms with Gasteiger partial charge >= 0.3 is 0 Å². The molecule has 0 aliphatic heterocycles. The molecule has 1 aliphatic carbocycles. The highest BCUT2D eigenvalue weighted by Crippen LogP contribution is 2.44. The highest BCUT2D eigenvalue weighted by Gasteiger charge is 2.24. The van der Waals surface area contributed by atoms with Crippen molar-refractivity contribution in [3.05, 3.63) is 159 Å². The van der Waals surface area contributed by atoms with E-state index >= 15 is 0 Å². The first-order valence-corrected chi connectivity index (χ1v) is 17.6. The van der Waals surface area contributed by atoms with Crippen molar-refractivity contribution in [2.75, 3.05) is 21.3 Å². The molecule has 0 spiro atoms. The molecule has 9 heteroatoms. The number of fused-ring (bicyclic) bond motifs is 3. The van der Waals surface area contributed by atoms with Gasteiger partial charge in [-0.2, -0.15) is 0 Å². The summed E-state index contributed by atoms with van der Waals surface area (Å²) in [6.45, 7) is -0.508. The number of benzene rings is 6. The van der Waals surface area contributed by atoms with Crippen LogP contribution in [0.5, 0.6) is 51.7 Å². The Labute approximate surface area is 314 Å². The molecule has 3 N–H and O–H groups in total. The second kappa shape index (κ2) is 16.3. The Balaban J connectivity index is 1.40. The molecule has 0 bridgehead atoms. The van der Waals surface area contributed by atoms with Crippen LogP contribution in [0.3, 0.4) is 0 Å². The SMILES string of the molecule is COc1cc2c(cc1Oc1ccccc1CO)Cc1cc(OC)c(Oc3ccccc3CO)cc1Cc1cc(OC)c(Oc3ccccc3CO)cc1C2. The van der Waals surface area contributed by atoms with Gasteiger partial charge in [0.15, 0.2) is 34.5 Å². The van der Waals surface area contributed by atoms with Gasteiger partial charge in [-0.3, -0.25) is 0 Å². The maximum absolute atomic E-state index is 10.0. The molecule has 0 aromatic heterocycles. The van der Waals surface area contributed by atoms with Crippen LogP contribution in [0.15, 0.2) is 109 Å². The zero-order valence-corrected chi connectivity index (χ0v) is 30.4. The smallest absolute Gasteiger partial charge is 0.169 e. The second-order valence-electron chi connectivity index (χ2n) is 12.9. The summed E-state index contributed by atoms with van der Waals surface area (Å²) in [4.78, 5) is 0. The quantitative estimate of drug-likeness (QED) is 0.114. The second-order valence-corrected chi connectivity index (χ2v) is 12.9. The van der Waals surface area contributed by atoms with E-state index in [1.165, 1.54) is 0 Å². The van der Waals surface area contributed by atoms with E-state index in [1.54, 1.807) is 21.3 Å². The molecule has 7 rings (SSSR count). The molecular formula is C45H42O9. The average Bonchev–Trinajstić information content (AvgIpc) is 3.26. The van der Waals surface area contributed by atoms with Crippen LogP contribution in [0.25, 0.3) is 0 Å². The predicted octanol–water partition coefficient (Wildman–Crippen LogP) is 8.65. The van der Waals surface area contributed by atoms with E-state index in [0.29, 0.717) is 87.7 Å². The minimum atomic E-state index is -0.169. The molecule has 6 aromatic rings. The summed E-state index contributed by atoms with van der Waals surface area (Å²) < 4.78 is 37.0. The number of hydrogen-bond donors (Lipinski definition) is 3. The minimum absolute atomic E-state index is 0.169. The van der Waals surface area contributed by atoms with Crippen LogP contribution in [0.4, 0.5) is 0 Å². The van der Waals surface area contributed by atoms with Crippen LogP contribution >= 0.6 is 0 Å². The number of hydrogen-bond acceptors (Lipinski definition) is 9. The van der Waals surface area contributed by atoms with Crippen molar-refractivity contribution < 1.29 is 43.7 Å². The van der Waals surface area contributed by atoms with Crippen LogP contribution in [-0.2, 0) is 39.1 Å². The van der Waals surface area contributed by atoms with Crippen molar-refractivity contribution in [2.24, 2.45) is 0 Å². The third kappa shape index (κ3) is 7.56. The van der Waals surface area contributed by atoms with Crippen molar-refractivity contribution >= 4 is 0 Å². The summed E-state index contributed by atoms with van der Waals surface area (Å²) in [5.74, 6) is 4.82. The monoisotopic (exact) mass is 726 g/mol. The normalized spacial score (nSPS) is 11.9. The first-order chi connectivity index (χ1) is 26.4. The van der Waals surface area contributed by atoms with Crippen molar-refractivity contribution in [3.63, 3.8) is 0 Å². The van der Waals surface area contributed by atoms with Gasteiger partial charge in [-0.25, -0.2) is 0 Å². The van der Waals surface area contributed by atoms with Gasteiger partial charge in [0.05, 0.1) is 41.2 Å². The molecule has 0 amide bonds. The number of para-hydroxylation sites is 3. The van der Waals surface area contributed by atoms with E-state index in [1.807, 2.05) is 109 Å². The predicted molar refractivity (Wildman–Crippen MR) is 205 cm³/mol. The van der Waals surface area contributed by atoms with E-state index in [9.17, 15) is 15.3 Å². The number of aliphatic hydroxyl groups excluding tert-OH is 3. The van der Waals surface area contributed by atoms with Crippen LogP contribution in [0, 0.1) is 0 Å². The molecular weight excluding hydrogens is 684 g/mol. The number of methoxy groups -OCH3 is 3. The fourth-order valence-electron chi connectivity index (χ4n) is 6.81. The highest BCUT2D eigenvalue weighted by molar-refractivity contribution is 5.60. The Morgan fingerprint density at radius 3 is 0.833 bits per heavy atom. The molecule has 0 unspecified atom stereocenters.